The highest BCUT2D eigenvalue weighted by Crippen LogP contribution is 2.40. The number of amides is 2. The minimum atomic E-state index is -3.27. The van der Waals surface area contributed by atoms with Gasteiger partial charge in [0.15, 0.2) is 11.5 Å². The molecule has 0 bridgehead atoms. The topological polar surface area (TPSA) is 109 Å². The summed E-state index contributed by atoms with van der Waals surface area (Å²) in [4.78, 5) is 39.8. The van der Waals surface area contributed by atoms with E-state index in [9.17, 15) is 28.4 Å². The molecular formula is C21H23F2N3O6. The molecule has 0 spiro atoms. The molecule has 32 heavy (non-hydrogen) atoms. The number of halogens is 2. The van der Waals surface area contributed by atoms with Crippen molar-refractivity contribution in [3.63, 3.8) is 0 Å². The van der Waals surface area contributed by atoms with Crippen molar-refractivity contribution in [1.29, 1.82) is 5.26 Å². The molecule has 2 aliphatic heterocycles. The highest BCUT2D eigenvalue weighted by atomic mass is 19.3. The molecule has 2 fully saturated rings. The average Bonchev–Trinajstić information content (AvgIpc) is 3.35. The van der Waals surface area contributed by atoms with E-state index in [4.69, 9.17) is 14.2 Å². The fraction of sp³-hybridized carbons (Fsp3) is 0.524. The second-order valence-electron chi connectivity index (χ2n) is 7.63. The quantitative estimate of drug-likeness (QED) is 0.498. The number of benzene rings is 1. The van der Waals surface area contributed by atoms with Crippen LogP contribution in [0.1, 0.15) is 36.5 Å². The second-order valence-corrected chi connectivity index (χ2v) is 7.63. The molecule has 0 radical (unpaired) electrons. The summed E-state index contributed by atoms with van der Waals surface area (Å²) < 4.78 is 44.1. The SMILES string of the molecule is COc1cc(C(=O)N2CC(F)(F)C[C@H]2C(=O)N2CCCC2C#N)cc(OC(C)=O)c1OC. The zero-order valence-electron chi connectivity index (χ0n) is 17.9. The third kappa shape index (κ3) is 4.44. The number of carbonyl (C=O) groups excluding carboxylic acids is 3. The fourth-order valence-electron chi connectivity index (χ4n) is 4.06. The van der Waals surface area contributed by atoms with Crippen LogP contribution in [0.5, 0.6) is 17.2 Å². The number of likely N-dealkylation sites (tertiary alicyclic amines) is 2. The summed E-state index contributed by atoms with van der Waals surface area (Å²) in [6.45, 7) is 0.469. The van der Waals surface area contributed by atoms with Crippen LogP contribution in [0.25, 0.3) is 0 Å². The van der Waals surface area contributed by atoms with Crippen LogP contribution in [0.15, 0.2) is 12.1 Å². The molecular weight excluding hydrogens is 428 g/mol. The summed E-state index contributed by atoms with van der Waals surface area (Å²) in [6.07, 6.45) is 0.208. The Balaban J connectivity index is 1.98. The Bertz CT molecular complexity index is 977. The minimum absolute atomic E-state index is 0.0486. The van der Waals surface area contributed by atoms with Gasteiger partial charge in [0.1, 0.15) is 12.1 Å². The van der Waals surface area contributed by atoms with Crippen molar-refractivity contribution in [2.24, 2.45) is 0 Å². The molecule has 2 saturated heterocycles. The molecule has 1 unspecified atom stereocenters. The van der Waals surface area contributed by atoms with Gasteiger partial charge < -0.3 is 24.0 Å². The van der Waals surface area contributed by atoms with E-state index < -0.39 is 48.8 Å². The Morgan fingerprint density at radius 1 is 1.16 bits per heavy atom. The van der Waals surface area contributed by atoms with E-state index in [-0.39, 0.29) is 29.4 Å². The molecule has 11 heteroatoms. The molecule has 9 nitrogen and oxygen atoms in total. The zero-order valence-corrected chi connectivity index (χ0v) is 17.9. The second kappa shape index (κ2) is 8.98. The van der Waals surface area contributed by atoms with E-state index in [1.165, 1.54) is 31.3 Å². The van der Waals surface area contributed by atoms with Gasteiger partial charge in [-0.1, -0.05) is 0 Å². The van der Waals surface area contributed by atoms with Crippen LogP contribution >= 0.6 is 0 Å². The number of rotatable bonds is 5. The van der Waals surface area contributed by atoms with Gasteiger partial charge in [0.25, 0.3) is 11.8 Å². The Kier molecular flexibility index (Phi) is 6.52. The standard InChI is InChI=1S/C21H23F2N3O6/c1-12(27)32-17-8-13(7-16(30-2)18(17)31-3)19(28)26-11-21(22,23)9-15(26)20(29)25-6-4-5-14(25)10-24/h7-8,14-15H,4-6,9,11H2,1-3H3/t14?,15-/m0/s1. The number of ether oxygens (including phenoxy) is 3. The van der Waals surface area contributed by atoms with Crippen molar-refractivity contribution in [3.8, 4) is 23.3 Å². The number of nitrogens with zero attached hydrogens (tertiary/aromatic N) is 3. The van der Waals surface area contributed by atoms with Crippen molar-refractivity contribution >= 4 is 17.8 Å². The monoisotopic (exact) mass is 451 g/mol. The van der Waals surface area contributed by atoms with Crippen molar-refractivity contribution < 1.29 is 37.4 Å². The first-order valence-electron chi connectivity index (χ1n) is 9.95. The lowest BCUT2D eigenvalue weighted by Gasteiger charge is -2.29. The maximum Gasteiger partial charge on any atom is 0.308 e. The fourth-order valence-corrected chi connectivity index (χ4v) is 4.06. The summed E-state index contributed by atoms with van der Waals surface area (Å²) in [5, 5.41) is 9.25. The first-order chi connectivity index (χ1) is 15.1. The van der Waals surface area contributed by atoms with Gasteiger partial charge >= 0.3 is 5.97 Å². The Morgan fingerprint density at radius 3 is 2.44 bits per heavy atom. The number of carbonyl (C=O) groups is 3. The molecule has 0 N–H and O–H groups in total. The van der Waals surface area contributed by atoms with Gasteiger partial charge in [-0.3, -0.25) is 14.4 Å². The minimum Gasteiger partial charge on any atom is -0.493 e. The van der Waals surface area contributed by atoms with Gasteiger partial charge in [0, 0.05) is 25.5 Å². The van der Waals surface area contributed by atoms with Crippen molar-refractivity contribution in [1.82, 2.24) is 9.80 Å². The van der Waals surface area contributed by atoms with Gasteiger partial charge in [0.05, 0.1) is 26.8 Å². The maximum atomic E-state index is 14.3. The van der Waals surface area contributed by atoms with E-state index >= 15 is 0 Å². The molecule has 0 saturated carbocycles. The molecule has 172 valence electrons. The lowest BCUT2D eigenvalue weighted by atomic mass is 10.1. The molecule has 0 aliphatic carbocycles. The van der Waals surface area contributed by atoms with Crippen molar-refractivity contribution in [2.75, 3.05) is 27.3 Å². The van der Waals surface area contributed by atoms with Crippen LogP contribution in [-0.4, -0.2) is 72.9 Å². The zero-order chi connectivity index (χ0) is 23.6. The first kappa shape index (κ1) is 23.2. The molecule has 1 aromatic carbocycles. The molecule has 3 rings (SSSR count). The summed E-state index contributed by atoms with van der Waals surface area (Å²) in [5.41, 5.74) is -0.118. The largest absolute Gasteiger partial charge is 0.493 e. The smallest absolute Gasteiger partial charge is 0.308 e. The van der Waals surface area contributed by atoms with Crippen molar-refractivity contribution in [3.05, 3.63) is 17.7 Å². The predicted octanol–water partition coefficient (Wildman–Crippen LogP) is 1.99. The molecule has 1 aromatic rings. The highest BCUT2D eigenvalue weighted by molar-refractivity contribution is 5.99. The lowest BCUT2D eigenvalue weighted by Crippen LogP contribution is -2.49. The third-order valence-corrected chi connectivity index (χ3v) is 5.45. The van der Waals surface area contributed by atoms with E-state index in [2.05, 4.69) is 0 Å². The number of alkyl halides is 2. The molecule has 2 atom stereocenters. The highest BCUT2D eigenvalue weighted by Gasteiger charge is 2.52. The average molecular weight is 451 g/mol. The van der Waals surface area contributed by atoms with Gasteiger partial charge in [0.2, 0.25) is 11.7 Å². The Morgan fingerprint density at radius 2 is 1.84 bits per heavy atom. The molecule has 0 aromatic heterocycles. The number of nitriles is 1. The number of methoxy groups -OCH3 is 2. The number of hydrogen-bond donors (Lipinski definition) is 0. The molecule has 2 aliphatic rings. The number of esters is 1. The summed E-state index contributed by atoms with van der Waals surface area (Å²) >= 11 is 0. The summed E-state index contributed by atoms with van der Waals surface area (Å²) in [5.74, 6) is -5.52. The third-order valence-electron chi connectivity index (χ3n) is 5.45. The van der Waals surface area contributed by atoms with Crippen LogP contribution in [-0.2, 0) is 9.59 Å². The van der Waals surface area contributed by atoms with Gasteiger partial charge in [-0.05, 0) is 25.0 Å². The first-order valence-corrected chi connectivity index (χ1v) is 9.95. The Hall–Kier alpha value is -3.42. The maximum absolute atomic E-state index is 14.3. The van der Waals surface area contributed by atoms with E-state index in [1.807, 2.05) is 6.07 Å². The molecule has 2 heterocycles. The Labute approximate surface area is 183 Å². The van der Waals surface area contributed by atoms with E-state index in [0.29, 0.717) is 12.8 Å². The molecule has 2 amide bonds. The van der Waals surface area contributed by atoms with Gasteiger partial charge in [-0.15, -0.1) is 0 Å². The lowest BCUT2D eigenvalue weighted by molar-refractivity contribution is -0.135. The van der Waals surface area contributed by atoms with Crippen LogP contribution in [0, 0.1) is 11.3 Å². The van der Waals surface area contributed by atoms with Crippen LogP contribution < -0.4 is 14.2 Å². The van der Waals surface area contributed by atoms with Gasteiger partial charge in [-0.2, -0.15) is 5.26 Å². The van der Waals surface area contributed by atoms with Crippen LogP contribution in [0.3, 0.4) is 0 Å². The number of hydrogen-bond acceptors (Lipinski definition) is 7. The summed E-state index contributed by atoms with van der Waals surface area (Å²) in [7, 11) is 2.61. The van der Waals surface area contributed by atoms with Crippen LogP contribution in [0.4, 0.5) is 8.78 Å². The normalized spacial score (nSPS) is 21.8. The predicted molar refractivity (Wildman–Crippen MR) is 106 cm³/mol. The summed E-state index contributed by atoms with van der Waals surface area (Å²) in [6, 6.07) is 2.32. The van der Waals surface area contributed by atoms with E-state index in [0.717, 1.165) is 11.8 Å². The van der Waals surface area contributed by atoms with Gasteiger partial charge in [-0.25, -0.2) is 8.78 Å². The van der Waals surface area contributed by atoms with E-state index in [1.54, 1.807) is 0 Å². The van der Waals surface area contributed by atoms with Crippen LogP contribution in [0.2, 0.25) is 0 Å². The van der Waals surface area contributed by atoms with Crippen molar-refractivity contribution in [2.45, 2.75) is 44.2 Å².